The summed E-state index contributed by atoms with van der Waals surface area (Å²) in [4.78, 5) is 4.74. The Morgan fingerprint density at radius 3 is 2.59 bits per heavy atom. The third-order valence-electron chi connectivity index (χ3n) is 4.41. The zero-order valence-corrected chi connectivity index (χ0v) is 17.3. The zero-order valence-electron chi connectivity index (χ0n) is 15.7. The predicted molar refractivity (Wildman–Crippen MR) is 116 cm³/mol. The number of aromatic nitrogens is 5. The minimum atomic E-state index is -0.0729. The van der Waals surface area contributed by atoms with E-state index >= 15 is 0 Å². The Balaban J connectivity index is 1.65. The number of hydrazone groups is 1. The normalized spacial score (nSPS) is 17.2. The predicted octanol–water partition coefficient (Wildman–Crippen LogP) is 4.21. The van der Waals surface area contributed by atoms with Crippen molar-refractivity contribution in [2.24, 2.45) is 10.1 Å². The van der Waals surface area contributed by atoms with Gasteiger partial charge in [-0.15, -0.1) is 20.4 Å². The Bertz CT molecular complexity index is 1220. The third-order valence-corrected chi connectivity index (χ3v) is 6.24. The van der Waals surface area contributed by atoms with E-state index in [0.29, 0.717) is 11.1 Å². The minimum Gasteiger partial charge on any atom is -0.256 e. The van der Waals surface area contributed by atoms with Crippen LogP contribution in [-0.4, -0.2) is 41.0 Å². The highest BCUT2D eigenvalue weighted by molar-refractivity contribution is 8.14. The molecule has 8 nitrogen and oxygen atoms in total. The maximum Gasteiger partial charge on any atom is 0.237 e. The van der Waals surface area contributed by atoms with E-state index in [1.54, 1.807) is 29.0 Å². The molecule has 10 heteroatoms. The van der Waals surface area contributed by atoms with E-state index in [1.165, 1.54) is 27.7 Å². The van der Waals surface area contributed by atoms with Crippen molar-refractivity contribution >= 4 is 50.0 Å². The molecule has 0 amide bonds. The van der Waals surface area contributed by atoms with Crippen molar-refractivity contribution in [1.82, 2.24) is 30.0 Å². The fourth-order valence-electron chi connectivity index (χ4n) is 3.20. The fraction of sp³-hybridized carbons (Fsp3) is 0.158. The van der Waals surface area contributed by atoms with E-state index in [0.717, 1.165) is 10.1 Å². The highest BCUT2D eigenvalue weighted by atomic mass is 32.2. The van der Waals surface area contributed by atoms with E-state index in [9.17, 15) is 0 Å². The Morgan fingerprint density at radius 1 is 1.00 bits per heavy atom. The van der Waals surface area contributed by atoms with Crippen molar-refractivity contribution in [3.8, 4) is 0 Å². The molecule has 144 valence electrons. The van der Waals surface area contributed by atoms with Crippen molar-refractivity contribution < 1.29 is 0 Å². The molecule has 1 atom stereocenters. The second kappa shape index (κ2) is 7.37. The van der Waals surface area contributed by atoms with Gasteiger partial charge in [-0.25, -0.2) is 5.01 Å². The molecule has 0 fully saturated rings. The van der Waals surface area contributed by atoms with Crippen LogP contribution in [-0.2, 0) is 0 Å². The summed E-state index contributed by atoms with van der Waals surface area (Å²) in [6.45, 7) is 3.91. The first-order valence-corrected chi connectivity index (χ1v) is 10.6. The van der Waals surface area contributed by atoms with Gasteiger partial charge in [-0.05, 0) is 30.2 Å². The summed E-state index contributed by atoms with van der Waals surface area (Å²) in [6, 6.07) is 14.7. The lowest BCUT2D eigenvalue weighted by Crippen LogP contribution is -2.31. The lowest BCUT2D eigenvalue weighted by molar-refractivity contribution is 0.426. The first-order valence-electron chi connectivity index (χ1n) is 8.91. The highest BCUT2D eigenvalue weighted by Gasteiger charge is 2.33. The van der Waals surface area contributed by atoms with Crippen molar-refractivity contribution in [3.05, 3.63) is 65.7 Å². The summed E-state index contributed by atoms with van der Waals surface area (Å²) in [5.41, 5.74) is 1.17. The number of thioether (sulfide) groups is 1. The summed E-state index contributed by atoms with van der Waals surface area (Å²) < 4.78 is 1.75. The molecule has 0 bridgehead atoms. The van der Waals surface area contributed by atoms with Crippen LogP contribution in [0.5, 0.6) is 0 Å². The van der Waals surface area contributed by atoms with E-state index in [2.05, 4.69) is 62.9 Å². The van der Waals surface area contributed by atoms with Crippen molar-refractivity contribution in [2.45, 2.75) is 19.2 Å². The fourth-order valence-corrected chi connectivity index (χ4v) is 4.78. The number of hydrogen-bond acceptors (Lipinski definition) is 8. The van der Waals surface area contributed by atoms with E-state index < -0.39 is 0 Å². The van der Waals surface area contributed by atoms with E-state index in [4.69, 9.17) is 10.1 Å². The van der Waals surface area contributed by atoms with Crippen molar-refractivity contribution in [2.75, 3.05) is 0 Å². The highest BCUT2D eigenvalue weighted by Crippen LogP contribution is 2.42. The smallest absolute Gasteiger partial charge is 0.237 e. The molecular weight excluding hydrogens is 404 g/mol. The van der Waals surface area contributed by atoms with Gasteiger partial charge < -0.3 is 0 Å². The standard InChI is InChI=1S/C19H16N8S2/c1-12-23-24-18(29-12)22-19(26-10-20-21-11-26)27-17(28-13(2)25-27)16-9-5-7-14-6-3-4-8-15(14)16/h3-11,17H,1-2H3/t17-/m0/s1. The Kier molecular flexibility index (Phi) is 4.57. The maximum atomic E-state index is 4.77. The van der Waals surface area contributed by atoms with Gasteiger partial charge in [-0.3, -0.25) is 4.57 Å². The second-order valence-electron chi connectivity index (χ2n) is 6.39. The molecule has 2 aromatic heterocycles. The number of aryl methyl sites for hydroxylation is 1. The summed E-state index contributed by atoms with van der Waals surface area (Å²) >= 11 is 3.12. The van der Waals surface area contributed by atoms with E-state index in [-0.39, 0.29) is 5.37 Å². The van der Waals surface area contributed by atoms with Crippen LogP contribution in [0.15, 0.2) is 65.2 Å². The van der Waals surface area contributed by atoms with Gasteiger partial charge in [0.25, 0.3) is 0 Å². The number of hydrogen-bond donors (Lipinski definition) is 0. The molecule has 2 aromatic carbocycles. The van der Waals surface area contributed by atoms with Crippen LogP contribution in [0.25, 0.3) is 10.8 Å². The summed E-state index contributed by atoms with van der Waals surface area (Å²) in [5.74, 6) is 0.577. The molecule has 5 rings (SSSR count). The molecule has 1 aliphatic heterocycles. The molecule has 0 saturated carbocycles. The van der Waals surface area contributed by atoms with Crippen LogP contribution in [0.2, 0.25) is 0 Å². The van der Waals surface area contributed by atoms with Gasteiger partial charge in [-0.1, -0.05) is 65.6 Å². The van der Waals surface area contributed by atoms with Gasteiger partial charge in [0.2, 0.25) is 11.1 Å². The molecule has 0 N–H and O–H groups in total. The summed E-state index contributed by atoms with van der Waals surface area (Å²) in [7, 11) is 0. The molecule has 0 unspecified atom stereocenters. The van der Waals surface area contributed by atoms with Crippen LogP contribution in [0.4, 0.5) is 5.13 Å². The lowest BCUT2D eigenvalue weighted by Gasteiger charge is -2.25. The van der Waals surface area contributed by atoms with Crippen LogP contribution < -0.4 is 0 Å². The monoisotopic (exact) mass is 420 g/mol. The first-order chi connectivity index (χ1) is 14.2. The average molecular weight is 421 g/mol. The van der Waals surface area contributed by atoms with Crippen LogP contribution in [0.1, 0.15) is 22.9 Å². The summed E-state index contributed by atoms with van der Waals surface area (Å²) in [5, 5.41) is 27.5. The number of aliphatic imine (C=N–C) groups is 1. The van der Waals surface area contributed by atoms with Crippen LogP contribution >= 0.6 is 23.1 Å². The zero-order chi connectivity index (χ0) is 19.8. The number of fused-ring (bicyclic) bond motifs is 1. The Morgan fingerprint density at radius 2 is 1.79 bits per heavy atom. The van der Waals surface area contributed by atoms with Crippen molar-refractivity contribution in [3.63, 3.8) is 0 Å². The first kappa shape index (κ1) is 18.0. The number of nitrogens with zero attached hydrogens (tertiary/aromatic N) is 8. The average Bonchev–Trinajstić information content (AvgIpc) is 3.47. The number of benzene rings is 2. The topological polar surface area (TPSA) is 84.5 Å². The SMILES string of the molecule is CC1=NN(C(=Nc2nnc(C)s2)n2cnnc2)[C@H](c2cccc3ccccc23)S1. The quantitative estimate of drug-likeness (QED) is 0.357. The molecule has 29 heavy (non-hydrogen) atoms. The van der Waals surface area contributed by atoms with Gasteiger partial charge in [0.15, 0.2) is 0 Å². The molecular formula is C19H16N8S2. The molecule has 0 spiro atoms. The molecule has 3 heterocycles. The third kappa shape index (κ3) is 3.40. The van der Waals surface area contributed by atoms with Crippen LogP contribution in [0.3, 0.4) is 0 Å². The molecule has 0 saturated heterocycles. The van der Waals surface area contributed by atoms with Gasteiger partial charge in [0.1, 0.15) is 23.0 Å². The molecule has 0 aliphatic carbocycles. The summed E-state index contributed by atoms with van der Waals surface area (Å²) in [6.07, 6.45) is 3.22. The van der Waals surface area contributed by atoms with Gasteiger partial charge in [0, 0.05) is 0 Å². The van der Waals surface area contributed by atoms with E-state index in [1.807, 2.05) is 18.9 Å². The second-order valence-corrected chi connectivity index (χ2v) is 8.82. The van der Waals surface area contributed by atoms with Crippen LogP contribution in [0, 0.1) is 6.92 Å². The Labute approximate surface area is 175 Å². The molecule has 1 aliphatic rings. The van der Waals surface area contributed by atoms with Gasteiger partial charge in [0.05, 0.1) is 5.04 Å². The Hall–Kier alpha value is -3.11. The molecule has 4 aromatic rings. The largest absolute Gasteiger partial charge is 0.256 e. The van der Waals surface area contributed by atoms with Gasteiger partial charge in [-0.2, -0.15) is 10.1 Å². The minimum absolute atomic E-state index is 0.0729. The maximum absolute atomic E-state index is 4.77. The lowest BCUT2D eigenvalue weighted by atomic mass is 10.0. The van der Waals surface area contributed by atoms with Gasteiger partial charge >= 0.3 is 0 Å². The number of rotatable bonds is 2. The molecule has 0 radical (unpaired) electrons. The van der Waals surface area contributed by atoms with Crippen molar-refractivity contribution in [1.29, 1.82) is 0 Å².